The van der Waals surface area contributed by atoms with Crippen LogP contribution in [0.4, 0.5) is 0 Å². The molecule has 2 heterocycles. The first-order valence-electron chi connectivity index (χ1n) is 13.4. The van der Waals surface area contributed by atoms with Crippen molar-refractivity contribution in [2.75, 3.05) is 13.2 Å². The van der Waals surface area contributed by atoms with Crippen molar-refractivity contribution in [3.8, 4) is 0 Å². The molecule has 176 valence electrons. The van der Waals surface area contributed by atoms with E-state index in [-0.39, 0.29) is 18.6 Å². The first kappa shape index (κ1) is 21.4. The number of aliphatic hydroxyl groups excluding tert-OH is 2. The summed E-state index contributed by atoms with van der Waals surface area (Å²) < 4.78 is 13.3. The molecule has 31 heavy (non-hydrogen) atoms. The first-order valence-corrected chi connectivity index (χ1v) is 13.4. The van der Waals surface area contributed by atoms with Gasteiger partial charge in [-0.05, 0) is 98.2 Å². The van der Waals surface area contributed by atoms with Crippen LogP contribution in [0.25, 0.3) is 0 Å². The lowest BCUT2D eigenvalue weighted by molar-refractivity contribution is -0.275. The largest absolute Gasteiger partial charge is 0.396 e. The lowest BCUT2D eigenvalue weighted by atomic mass is 9.44. The van der Waals surface area contributed by atoms with Gasteiger partial charge in [-0.1, -0.05) is 20.8 Å². The van der Waals surface area contributed by atoms with E-state index in [0.29, 0.717) is 35.4 Å². The van der Waals surface area contributed by atoms with Crippen LogP contribution in [0.5, 0.6) is 0 Å². The highest BCUT2D eigenvalue weighted by molar-refractivity contribution is 5.15. The number of hydrogen-bond acceptors (Lipinski definition) is 4. The van der Waals surface area contributed by atoms with Crippen molar-refractivity contribution in [2.24, 2.45) is 52.3 Å². The van der Waals surface area contributed by atoms with Gasteiger partial charge in [-0.25, -0.2) is 0 Å². The fraction of sp³-hybridized carbons (Fsp3) is 1.00. The van der Waals surface area contributed by atoms with Gasteiger partial charge in [0.15, 0.2) is 5.79 Å². The van der Waals surface area contributed by atoms with E-state index in [4.69, 9.17) is 9.47 Å². The molecule has 4 heteroatoms. The number of rotatable bonds is 1. The van der Waals surface area contributed by atoms with Crippen molar-refractivity contribution in [1.29, 1.82) is 0 Å². The summed E-state index contributed by atoms with van der Waals surface area (Å²) in [5.74, 6) is 4.16. The van der Waals surface area contributed by atoms with Gasteiger partial charge in [-0.2, -0.15) is 0 Å². The normalized spacial score (nSPS) is 60.9. The average Bonchev–Trinajstić information content (AvgIpc) is 3.20. The molecule has 4 nitrogen and oxygen atoms in total. The summed E-state index contributed by atoms with van der Waals surface area (Å²) in [6.45, 7) is 8.48. The number of fused-ring (bicyclic) bond motifs is 7. The van der Waals surface area contributed by atoms with Crippen LogP contribution in [0.1, 0.15) is 85.0 Å². The molecule has 0 aromatic heterocycles. The molecule has 0 amide bonds. The summed E-state index contributed by atoms with van der Waals surface area (Å²) in [5, 5.41) is 19.8. The maximum Gasteiger partial charge on any atom is 0.171 e. The Morgan fingerprint density at radius 3 is 2.45 bits per heavy atom. The molecule has 4 aliphatic carbocycles. The molecule has 2 N–H and O–H groups in total. The Morgan fingerprint density at radius 1 is 0.903 bits per heavy atom. The van der Waals surface area contributed by atoms with Gasteiger partial charge in [0.1, 0.15) is 0 Å². The lowest BCUT2D eigenvalue weighted by Gasteiger charge is -2.61. The second-order valence-corrected chi connectivity index (χ2v) is 13.0. The predicted octanol–water partition coefficient (Wildman–Crippen LogP) is 4.77. The van der Waals surface area contributed by atoms with Crippen molar-refractivity contribution in [1.82, 2.24) is 0 Å². The molecule has 12 unspecified atom stereocenters. The highest BCUT2D eigenvalue weighted by atomic mass is 16.7. The van der Waals surface area contributed by atoms with Gasteiger partial charge in [0.05, 0.1) is 18.8 Å². The molecule has 0 aromatic carbocycles. The number of aliphatic hydroxyl groups is 2. The highest BCUT2D eigenvalue weighted by Crippen LogP contribution is 2.71. The third-order valence-corrected chi connectivity index (χ3v) is 12.0. The summed E-state index contributed by atoms with van der Waals surface area (Å²) in [6.07, 6.45) is 12.2. The fourth-order valence-corrected chi connectivity index (χ4v) is 10.3. The van der Waals surface area contributed by atoms with E-state index in [1.807, 2.05) is 0 Å². The Hall–Kier alpha value is -0.160. The Kier molecular flexibility index (Phi) is 4.94. The molecule has 4 saturated carbocycles. The second-order valence-electron chi connectivity index (χ2n) is 13.0. The van der Waals surface area contributed by atoms with Crippen LogP contribution < -0.4 is 0 Å². The Bertz CT molecular complexity index is 701. The van der Waals surface area contributed by atoms with Gasteiger partial charge in [0, 0.05) is 24.9 Å². The van der Waals surface area contributed by atoms with Gasteiger partial charge >= 0.3 is 0 Å². The zero-order chi connectivity index (χ0) is 21.6. The molecule has 1 spiro atoms. The molecule has 2 aliphatic heterocycles. The molecule has 0 radical (unpaired) electrons. The van der Waals surface area contributed by atoms with Crippen LogP contribution in [-0.4, -0.2) is 41.4 Å². The zero-order valence-corrected chi connectivity index (χ0v) is 19.9. The Balaban J connectivity index is 1.24. The van der Waals surface area contributed by atoms with Crippen LogP contribution in [0.15, 0.2) is 0 Å². The quantitative estimate of drug-likeness (QED) is 0.627. The van der Waals surface area contributed by atoms with E-state index in [1.165, 1.54) is 38.5 Å². The third-order valence-electron chi connectivity index (χ3n) is 12.0. The molecular formula is C27H44O4. The van der Waals surface area contributed by atoms with E-state index in [9.17, 15) is 10.2 Å². The average molecular weight is 433 g/mol. The lowest BCUT2D eigenvalue weighted by Crippen LogP contribution is -2.55. The molecule has 2 saturated heterocycles. The van der Waals surface area contributed by atoms with E-state index in [1.54, 1.807) is 0 Å². The monoisotopic (exact) mass is 432 g/mol. The van der Waals surface area contributed by atoms with E-state index < -0.39 is 5.79 Å². The summed E-state index contributed by atoms with van der Waals surface area (Å²) >= 11 is 0. The molecule has 6 fully saturated rings. The maximum absolute atomic E-state index is 10.3. The van der Waals surface area contributed by atoms with Gasteiger partial charge in [-0.15, -0.1) is 0 Å². The standard InChI is InChI=1S/C27H44O4/c1-16-24-23(31-27(16)11-6-17(14-28)15-30-27)13-22-20-5-4-18-12-19(29)7-9-25(18,2)21(20)8-10-26(22,24)3/h16-24,28-29H,4-15H2,1-3H3. The molecule has 0 aromatic rings. The minimum atomic E-state index is -0.394. The SMILES string of the molecule is CC1C2C(CC3C4CCC5CC(O)CCC5(C)C4CCC32C)OC12CCC(CO)CO2. The topological polar surface area (TPSA) is 58.9 Å². The van der Waals surface area contributed by atoms with Crippen LogP contribution in [-0.2, 0) is 9.47 Å². The number of ether oxygens (including phenoxy) is 2. The van der Waals surface area contributed by atoms with Gasteiger partial charge in [0.2, 0.25) is 0 Å². The summed E-state index contributed by atoms with van der Waals surface area (Å²) in [4.78, 5) is 0. The Labute approximate surface area is 188 Å². The number of hydrogen-bond donors (Lipinski definition) is 2. The van der Waals surface area contributed by atoms with E-state index >= 15 is 0 Å². The molecule has 0 bridgehead atoms. The highest BCUT2D eigenvalue weighted by Gasteiger charge is 2.69. The molecule has 6 aliphatic rings. The van der Waals surface area contributed by atoms with Gasteiger partial charge < -0.3 is 19.7 Å². The van der Waals surface area contributed by atoms with Crippen LogP contribution in [0, 0.1) is 52.3 Å². The fourth-order valence-electron chi connectivity index (χ4n) is 10.3. The van der Waals surface area contributed by atoms with E-state index in [2.05, 4.69) is 20.8 Å². The maximum atomic E-state index is 10.3. The van der Waals surface area contributed by atoms with Crippen molar-refractivity contribution >= 4 is 0 Å². The van der Waals surface area contributed by atoms with Gasteiger partial charge in [0.25, 0.3) is 0 Å². The van der Waals surface area contributed by atoms with Crippen LogP contribution in [0.3, 0.4) is 0 Å². The Morgan fingerprint density at radius 2 is 1.71 bits per heavy atom. The smallest absolute Gasteiger partial charge is 0.171 e. The second kappa shape index (κ2) is 7.17. The van der Waals surface area contributed by atoms with Gasteiger partial charge in [-0.3, -0.25) is 0 Å². The van der Waals surface area contributed by atoms with Crippen molar-refractivity contribution in [3.05, 3.63) is 0 Å². The molecule has 6 rings (SSSR count). The summed E-state index contributed by atoms with van der Waals surface area (Å²) in [6, 6.07) is 0. The minimum Gasteiger partial charge on any atom is -0.396 e. The molecule has 12 atom stereocenters. The van der Waals surface area contributed by atoms with Crippen molar-refractivity contribution in [2.45, 2.75) is 103 Å². The summed E-state index contributed by atoms with van der Waals surface area (Å²) in [7, 11) is 0. The molecular weight excluding hydrogens is 388 g/mol. The van der Waals surface area contributed by atoms with E-state index in [0.717, 1.165) is 49.4 Å². The van der Waals surface area contributed by atoms with Crippen molar-refractivity contribution < 1.29 is 19.7 Å². The van der Waals surface area contributed by atoms with Crippen LogP contribution >= 0.6 is 0 Å². The van der Waals surface area contributed by atoms with Crippen molar-refractivity contribution in [3.63, 3.8) is 0 Å². The third kappa shape index (κ3) is 2.87. The first-order chi connectivity index (χ1) is 14.8. The summed E-state index contributed by atoms with van der Waals surface area (Å²) in [5.41, 5.74) is 0.823. The van der Waals surface area contributed by atoms with Crippen LogP contribution in [0.2, 0.25) is 0 Å². The predicted molar refractivity (Wildman–Crippen MR) is 119 cm³/mol. The zero-order valence-electron chi connectivity index (χ0n) is 19.9. The minimum absolute atomic E-state index is 0.0549.